The number of piperazine rings is 1. The number of alkyl halides is 3. The predicted molar refractivity (Wildman–Crippen MR) is 115 cm³/mol. The third kappa shape index (κ3) is 6.99. The molecule has 4 N–H and O–H groups in total. The van der Waals surface area contributed by atoms with Crippen molar-refractivity contribution in [3.63, 3.8) is 0 Å². The average molecular weight is 503 g/mol. The first kappa shape index (κ1) is 27.7. The topological polar surface area (TPSA) is 139 Å². The molecule has 0 spiro atoms. The molecule has 10 nitrogen and oxygen atoms in total. The summed E-state index contributed by atoms with van der Waals surface area (Å²) in [6, 6.07) is 5.66. The monoisotopic (exact) mass is 503 g/mol. The van der Waals surface area contributed by atoms with Gasteiger partial charge in [-0.05, 0) is 38.7 Å². The molecule has 2 heterocycles. The number of nitrogens with zero attached hydrogens (tertiary/aromatic N) is 3. The van der Waals surface area contributed by atoms with Crippen LogP contribution in [0.5, 0.6) is 5.75 Å². The maximum atomic E-state index is 13.0. The molecule has 35 heavy (non-hydrogen) atoms. The van der Waals surface area contributed by atoms with Crippen molar-refractivity contribution in [2.45, 2.75) is 25.2 Å². The van der Waals surface area contributed by atoms with Crippen LogP contribution >= 0.6 is 0 Å². The van der Waals surface area contributed by atoms with Crippen LogP contribution < -0.4 is 10.9 Å². The van der Waals surface area contributed by atoms with Crippen molar-refractivity contribution in [2.75, 3.05) is 33.7 Å². The number of carbonyl (C=O) groups excluding carboxylic acids is 1. The van der Waals surface area contributed by atoms with Crippen LogP contribution in [0.4, 0.5) is 17.6 Å². The van der Waals surface area contributed by atoms with E-state index in [1.54, 1.807) is 12.1 Å². The Bertz CT molecular complexity index is 1120. The van der Waals surface area contributed by atoms with Crippen molar-refractivity contribution < 1.29 is 37.4 Å². The molecule has 0 saturated carbocycles. The molecule has 3 rings (SSSR count). The van der Waals surface area contributed by atoms with Crippen molar-refractivity contribution >= 4 is 11.9 Å². The Morgan fingerprint density at radius 1 is 1.20 bits per heavy atom. The molecular formula is C21H25F4N5O5. The quantitative estimate of drug-likeness (QED) is 0.458. The molecule has 14 heteroatoms. The highest BCUT2D eigenvalue weighted by Crippen LogP contribution is 2.28. The standard InChI is InChI=1S/C19H24FN5O3.C2HF3O2/c1-19(11-24(2)8-9-25(19)3)18-22-14(15(26)17(28)23-18)16(27)21-10-12-4-6-13(20)7-5-12;3-2(4,5)1(6)7/h4-7,26H,8-11H2,1-3H3,(H,21,27)(H,22,23,28);(H,6,7). The zero-order valence-corrected chi connectivity index (χ0v) is 19.1. The summed E-state index contributed by atoms with van der Waals surface area (Å²) in [4.78, 5) is 44.8. The number of nitrogens with one attached hydrogen (secondary N) is 2. The van der Waals surface area contributed by atoms with E-state index in [1.807, 2.05) is 21.0 Å². The van der Waals surface area contributed by atoms with Gasteiger partial charge in [0.25, 0.3) is 11.5 Å². The summed E-state index contributed by atoms with van der Waals surface area (Å²) in [7, 11) is 3.90. The van der Waals surface area contributed by atoms with Gasteiger partial charge in [0.1, 0.15) is 11.6 Å². The van der Waals surface area contributed by atoms with Gasteiger partial charge >= 0.3 is 12.1 Å². The highest BCUT2D eigenvalue weighted by molar-refractivity contribution is 5.94. The van der Waals surface area contributed by atoms with Crippen molar-refractivity contribution in [3.8, 4) is 5.75 Å². The first-order valence-electron chi connectivity index (χ1n) is 10.2. The summed E-state index contributed by atoms with van der Waals surface area (Å²) >= 11 is 0. The zero-order chi connectivity index (χ0) is 26.6. The third-order valence-electron chi connectivity index (χ3n) is 5.47. The minimum Gasteiger partial charge on any atom is -0.501 e. The van der Waals surface area contributed by atoms with Crippen molar-refractivity contribution in [1.82, 2.24) is 25.1 Å². The van der Waals surface area contributed by atoms with E-state index in [9.17, 15) is 32.3 Å². The molecule has 1 unspecified atom stereocenters. The number of aliphatic carboxylic acids is 1. The van der Waals surface area contributed by atoms with Gasteiger partial charge in [-0.2, -0.15) is 13.2 Å². The van der Waals surface area contributed by atoms with Gasteiger partial charge < -0.3 is 25.4 Å². The first-order valence-corrected chi connectivity index (χ1v) is 10.2. The molecular weight excluding hydrogens is 478 g/mol. The van der Waals surface area contributed by atoms with Crippen LogP contribution in [0.25, 0.3) is 0 Å². The van der Waals surface area contributed by atoms with E-state index in [-0.39, 0.29) is 18.1 Å². The number of aromatic hydroxyl groups is 1. The van der Waals surface area contributed by atoms with E-state index in [0.29, 0.717) is 17.9 Å². The molecule has 1 amide bonds. The third-order valence-corrected chi connectivity index (χ3v) is 5.47. The fourth-order valence-electron chi connectivity index (χ4n) is 3.30. The Labute approximate surface area is 197 Å². The summed E-state index contributed by atoms with van der Waals surface area (Å²) < 4.78 is 44.7. The number of hydrogen-bond donors (Lipinski definition) is 4. The van der Waals surface area contributed by atoms with Gasteiger partial charge in [0.2, 0.25) is 5.75 Å². The molecule has 1 atom stereocenters. The fraction of sp³-hybridized carbons (Fsp3) is 0.429. The van der Waals surface area contributed by atoms with E-state index >= 15 is 0 Å². The van der Waals surface area contributed by atoms with E-state index in [4.69, 9.17) is 9.90 Å². The van der Waals surface area contributed by atoms with Crippen LogP contribution in [0, 0.1) is 5.82 Å². The number of rotatable bonds is 4. The number of amides is 1. The number of halogens is 4. The van der Waals surface area contributed by atoms with Crippen molar-refractivity contribution in [3.05, 3.63) is 57.5 Å². The van der Waals surface area contributed by atoms with E-state index < -0.39 is 34.9 Å². The highest BCUT2D eigenvalue weighted by atomic mass is 19.4. The second-order valence-corrected chi connectivity index (χ2v) is 8.16. The Hall–Kier alpha value is -3.52. The average Bonchev–Trinajstić information content (AvgIpc) is 2.77. The molecule has 192 valence electrons. The van der Waals surface area contributed by atoms with Crippen LogP contribution in [0.3, 0.4) is 0 Å². The maximum Gasteiger partial charge on any atom is 0.490 e. The minimum atomic E-state index is -5.08. The summed E-state index contributed by atoms with van der Waals surface area (Å²) in [6.45, 7) is 4.29. The fourth-order valence-corrected chi connectivity index (χ4v) is 3.30. The molecule has 2 aromatic rings. The van der Waals surface area contributed by atoms with Gasteiger partial charge in [0.05, 0.1) is 5.54 Å². The second-order valence-electron chi connectivity index (χ2n) is 8.16. The summed E-state index contributed by atoms with van der Waals surface area (Å²) in [6.07, 6.45) is -5.08. The molecule has 0 aliphatic carbocycles. The van der Waals surface area contributed by atoms with Gasteiger partial charge in [-0.25, -0.2) is 14.2 Å². The number of carbonyl (C=O) groups is 2. The van der Waals surface area contributed by atoms with Gasteiger partial charge in [-0.1, -0.05) is 12.1 Å². The van der Waals surface area contributed by atoms with Crippen LogP contribution in [0.15, 0.2) is 29.1 Å². The number of H-pyrrole nitrogens is 1. The molecule has 0 bridgehead atoms. The zero-order valence-electron chi connectivity index (χ0n) is 19.1. The lowest BCUT2D eigenvalue weighted by molar-refractivity contribution is -0.192. The van der Waals surface area contributed by atoms with Crippen LogP contribution in [-0.4, -0.2) is 81.8 Å². The molecule has 1 aliphatic rings. The van der Waals surface area contributed by atoms with E-state index in [1.165, 1.54) is 12.1 Å². The van der Waals surface area contributed by atoms with Gasteiger partial charge in [-0.15, -0.1) is 0 Å². The Morgan fingerprint density at radius 2 is 1.77 bits per heavy atom. The van der Waals surface area contributed by atoms with E-state index in [0.717, 1.165) is 13.1 Å². The van der Waals surface area contributed by atoms with Gasteiger partial charge in [-0.3, -0.25) is 14.5 Å². The minimum absolute atomic E-state index is 0.113. The number of hydrogen-bond acceptors (Lipinski definition) is 7. The normalized spacial score (nSPS) is 18.9. The largest absolute Gasteiger partial charge is 0.501 e. The number of aromatic nitrogens is 2. The SMILES string of the molecule is CN1CCN(C)C(C)(c2nc(C(=O)NCc3ccc(F)cc3)c(O)c(=O)[nH]2)C1.O=C(O)C(F)(F)F. The van der Waals surface area contributed by atoms with Crippen molar-refractivity contribution in [1.29, 1.82) is 0 Å². The smallest absolute Gasteiger partial charge is 0.490 e. The Kier molecular flexibility index (Phi) is 8.57. The predicted octanol–water partition coefficient (Wildman–Crippen LogP) is 1.27. The lowest BCUT2D eigenvalue weighted by atomic mass is 9.95. The molecule has 1 fully saturated rings. The molecule has 1 aromatic heterocycles. The number of likely N-dealkylation sites (N-methyl/N-ethyl adjacent to an activating group) is 2. The molecule has 0 radical (unpaired) electrons. The number of carboxylic acids is 1. The van der Waals surface area contributed by atoms with Gasteiger partial charge in [0, 0.05) is 26.2 Å². The maximum absolute atomic E-state index is 13.0. The lowest BCUT2D eigenvalue weighted by Gasteiger charge is -2.45. The summed E-state index contributed by atoms with van der Waals surface area (Å²) in [5.41, 5.74) is -1.03. The lowest BCUT2D eigenvalue weighted by Crippen LogP contribution is -2.57. The molecule has 1 aliphatic heterocycles. The van der Waals surface area contributed by atoms with Crippen LogP contribution in [0.1, 0.15) is 28.8 Å². The Morgan fingerprint density at radius 3 is 2.31 bits per heavy atom. The summed E-state index contributed by atoms with van der Waals surface area (Å²) in [5.74, 6) is -4.22. The number of aromatic amines is 1. The molecule has 1 aromatic carbocycles. The van der Waals surface area contributed by atoms with Gasteiger partial charge in [0.15, 0.2) is 5.69 Å². The van der Waals surface area contributed by atoms with Crippen LogP contribution in [-0.2, 0) is 16.9 Å². The Balaban J connectivity index is 0.000000540. The highest BCUT2D eigenvalue weighted by Gasteiger charge is 2.39. The van der Waals surface area contributed by atoms with E-state index in [2.05, 4.69) is 25.1 Å². The first-order chi connectivity index (χ1) is 16.1. The second kappa shape index (κ2) is 10.8. The summed E-state index contributed by atoms with van der Waals surface area (Å²) in [5, 5.41) is 19.8. The number of carboxylic acid groups (broad SMARTS) is 1. The number of benzene rings is 1. The molecule has 1 saturated heterocycles. The van der Waals surface area contributed by atoms with Crippen molar-refractivity contribution in [2.24, 2.45) is 0 Å². The van der Waals surface area contributed by atoms with Crippen LogP contribution in [0.2, 0.25) is 0 Å².